The maximum atomic E-state index is 13.0. The van der Waals surface area contributed by atoms with E-state index in [2.05, 4.69) is 15.7 Å². The maximum absolute atomic E-state index is 13.0. The molecule has 1 aromatic carbocycles. The predicted molar refractivity (Wildman–Crippen MR) is 97.3 cm³/mol. The first kappa shape index (κ1) is 22.3. The molecule has 10 heteroatoms. The van der Waals surface area contributed by atoms with Crippen molar-refractivity contribution in [2.45, 2.75) is 20.0 Å². The van der Waals surface area contributed by atoms with Gasteiger partial charge in [-0.3, -0.25) is 4.79 Å². The molecule has 0 saturated heterocycles. The molecule has 26 heavy (non-hydrogen) atoms. The van der Waals surface area contributed by atoms with Gasteiger partial charge in [0.05, 0.1) is 22.0 Å². The zero-order chi connectivity index (χ0) is 18.8. The highest BCUT2D eigenvalue weighted by Crippen LogP contribution is 2.34. The summed E-state index contributed by atoms with van der Waals surface area (Å²) in [5.41, 5.74) is -0.271. The van der Waals surface area contributed by atoms with Crippen LogP contribution in [-0.2, 0) is 11.0 Å². The van der Waals surface area contributed by atoms with Crippen molar-refractivity contribution in [3.05, 3.63) is 40.5 Å². The number of carbonyl (C=O) groups excluding carboxylic acids is 1. The molecule has 0 aliphatic heterocycles. The number of hydrogen-bond donors (Lipinski definition) is 2. The van der Waals surface area contributed by atoms with Crippen molar-refractivity contribution in [3.63, 3.8) is 0 Å². The van der Waals surface area contributed by atoms with Gasteiger partial charge in [-0.05, 0) is 32.2 Å². The summed E-state index contributed by atoms with van der Waals surface area (Å²) in [5, 5.41) is 9.82. The normalized spacial score (nSPS) is 12.4. The molecule has 2 aromatic rings. The van der Waals surface area contributed by atoms with Crippen LogP contribution in [0.3, 0.4) is 0 Å². The molecule has 1 amide bonds. The van der Waals surface area contributed by atoms with Crippen molar-refractivity contribution in [1.29, 1.82) is 0 Å². The van der Waals surface area contributed by atoms with Crippen molar-refractivity contribution in [1.82, 2.24) is 15.1 Å². The molecule has 1 unspecified atom stereocenters. The largest absolute Gasteiger partial charge is 0.416 e. The van der Waals surface area contributed by atoms with E-state index in [1.807, 2.05) is 0 Å². The molecule has 1 aromatic heterocycles. The summed E-state index contributed by atoms with van der Waals surface area (Å²) in [6.07, 6.45) is -4.51. The first-order valence-corrected chi connectivity index (χ1v) is 7.90. The molecule has 0 aliphatic rings. The van der Waals surface area contributed by atoms with Crippen LogP contribution in [0.2, 0.25) is 5.02 Å². The molecule has 2 rings (SSSR count). The van der Waals surface area contributed by atoms with Gasteiger partial charge in [0.25, 0.3) is 0 Å². The predicted octanol–water partition coefficient (Wildman–Crippen LogP) is 4.07. The smallest absolute Gasteiger partial charge is 0.319 e. The van der Waals surface area contributed by atoms with Crippen LogP contribution in [-0.4, -0.2) is 29.3 Å². The van der Waals surface area contributed by atoms with Crippen LogP contribution in [0.25, 0.3) is 5.69 Å². The molecule has 1 atom stereocenters. The van der Waals surface area contributed by atoms with Gasteiger partial charge in [0.1, 0.15) is 5.82 Å². The van der Waals surface area contributed by atoms with Crippen molar-refractivity contribution < 1.29 is 18.0 Å². The lowest BCUT2D eigenvalue weighted by molar-refractivity contribution is -0.137. The summed E-state index contributed by atoms with van der Waals surface area (Å²) < 4.78 is 40.1. The van der Waals surface area contributed by atoms with E-state index in [9.17, 15) is 18.0 Å². The Kier molecular flexibility index (Phi) is 7.49. The van der Waals surface area contributed by atoms with Crippen molar-refractivity contribution in [2.24, 2.45) is 5.92 Å². The topological polar surface area (TPSA) is 59.0 Å². The summed E-state index contributed by atoms with van der Waals surface area (Å²) in [5.74, 6) is -0.351. The molecule has 0 radical (unpaired) electrons. The van der Waals surface area contributed by atoms with Crippen LogP contribution in [0.4, 0.5) is 19.0 Å². The Balaban J connectivity index is 0.00000338. The third kappa shape index (κ3) is 5.12. The second kappa shape index (κ2) is 8.75. The molecular formula is C16H19Cl2F3N4O. The minimum absolute atomic E-state index is 0. The molecular weight excluding hydrogens is 392 g/mol. The van der Waals surface area contributed by atoms with Crippen LogP contribution in [0.5, 0.6) is 0 Å². The van der Waals surface area contributed by atoms with E-state index in [1.165, 1.54) is 4.68 Å². The minimum Gasteiger partial charge on any atom is -0.319 e. The number of amides is 1. The third-order valence-corrected chi connectivity index (χ3v) is 3.86. The number of aryl methyl sites for hydroxylation is 1. The monoisotopic (exact) mass is 410 g/mol. The molecule has 1 heterocycles. The van der Waals surface area contributed by atoms with Crippen LogP contribution < -0.4 is 10.6 Å². The minimum atomic E-state index is -4.51. The quantitative estimate of drug-likeness (QED) is 0.780. The summed E-state index contributed by atoms with van der Waals surface area (Å²) in [4.78, 5) is 12.2. The van der Waals surface area contributed by atoms with Gasteiger partial charge in [0, 0.05) is 18.5 Å². The summed E-state index contributed by atoms with van der Waals surface area (Å²) in [7, 11) is 1.72. The van der Waals surface area contributed by atoms with E-state index in [0.29, 0.717) is 12.2 Å². The summed E-state index contributed by atoms with van der Waals surface area (Å²) in [6.45, 7) is 3.87. The SMILES string of the molecule is CNCC(C)C(=O)Nc1cc(C)nn1-c1cc(C(F)(F)F)ccc1Cl.Cl. The lowest BCUT2D eigenvalue weighted by atomic mass is 10.1. The van der Waals surface area contributed by atoms with E-state index in [-0.39, 0.29) is 40.8 Å². The molecule has 5 nitrogen and oxygen atoms in total. The molecule has 0 aliphatic carbocycles. The summed E-state index contributed by atoms with van der Waals surface area (Å²) in [6, 6.07) is 4.53. The van der Waals surface area contributed by atoms with Crippen LogP contribution >= 0.6 is 24.0 Å². The molecule has 0 bridgehead atoms. The maximum Gasteiger partial charge on any atom is 0.416 e. The van der Waals surface area contributed by atoms with E-state index in [4.69, 9.17) is 11.6 Å². The van der Waals surface area contributed by atoms with E-state index in [0.717, 1.165) is 18.2 Å². The van der Waals surface area contributed by atoms with Crippen LogP contribution in [0.1, 0.15) is 18.2 Å². The summed E-state index contributed by atoms with van der Waals surface area (Å²) >= 11 is 6.06. The number of aromatic nitrogens is 2. The highest BCUT2D eigenvalue weighted by Gasteiger charge is 2.31. The van der Waals surface area contributed by atoms with Gasteiger partial charge >= 0.3 is 6.18 Å². The number of alkyl halides is 3. The molecule has 0 fully saturated rings. The number of hydrogen-bond acceptors (Lipinski definition) is 3. The van der Waals surface area contributed by atoms with Gasteiger partial charge in [-0.2, -0.15) is 18.3 Å². The van der Waals surface area contributed by atoms with Gasteiger partial charge < -0.3 is 10.6 Å². The number of nitrogens with one attached hydrogen (secondary N) is 2. The second-order valence-electron chi connectivity index (χ2n) is 5.69. The zero-order valence-electron chi connectivity index (χ0n) is 14.3. The fraction of sp³-hybridized carbons (Fsp3) is 0.375. The van der Waals surface area contributed by atoms with E-state index >= 15 is 0 Å². The molecule has 2 N–H and O–H groups in total. The Hall–Kier alpha value is -1.77. The standard InChI is InChI=1S/C16H18ClF3N4O.ClH/c1-9(8-21-3)15(25)22-14-6-10(2)23-24(14)13-7-11(16(18,19)20)4-5-12(13)17;/h4-7,9,21H,8H2,1-3H3,(H,22,25);1H. The number of anilines is 1. The number of halogens is 5. The first-order chi connectivity index (χ1) is 11.6. The van der Waals surface area contributed by atoms with Crippen molar-refractivity contribution in [3.8, 4) is 5.69 Å². The number of benzene rings is 1. The third-order valence-electron chi connectivity index (χ3n) is 3.54. The molecule has 144 valence electrons. The average Bonchev–Trinajstić information content (AvgIpc) is 2.87. The second-order valence-corrected chi connectivity index (χ2v) is 6.10. The number of rotatable bonds is 5. The lowest BCUT2D eigenvalue weighted by Crippen LogP contribution is -2.29. The van der Waals surface area contributed by atoms with E-state index < -0.39 is 11.7 Å². The highest BCUT2D eigenvalue weighted by molar-refractivity contribution is 6.32. The van der Waals surface area contributed by atoms with Crippen molar-refractivity contribution in [2.75, 3.05) is 18.9 Å². The Morgan fingerprint density at radius 3 is 2.58 bits per heavy atom. The Labute approximate surface area is 160 Å². The van der Waals surface area contributed by atoms with Crippen LogP contribution in [0, 0.1) is 12.8 Å². The van der Waals surface area contributed by atoms with E-state index in [1.54, 1.807) is 27.0 Å². The number of nitrogens with zero attached hydrogens (tertiary/aromatic N) is 2. The highest BCUT2D eigenvalue weighted by atomic mass is 35.5. The lowest BCUT2D eigenvalue weighted by Gasteiger charge is -2.15. The van der Waals surface area contributed by atoms with Gasteiger partial charge in [-0.1, -0.05) is 18.5 Å². The van der Waals surface area contributed by atoms with Crippen LogP contribution in [0.15, 0.2) is 24.3 Å². The Morgan fingerprint density at radius 1 is 1.35 bits per heavy atom. The van der Waals surface area contributed by atoms with Gasteiger partial charge in [0.15, 0.2) is 0 Å². The van der Waals surface area contributed by atoms with Gasteiger partial charge in [0.2, 0.25) is 5.91 Å². The number of carbonyl (C=O) groups is 1. The average molecular weight is 411 g/mol. The first-order valence-electron chi connectivity index (χ1n) is 7.52. The Bertz CT molecular complexity index is 777. The molecule has 0 spiro atoms. The molecule has 0 saturated carbocycles. The fourth-order valence-electron chi connectivity index (χ4n) is 2.27. The van der Waals surface area contributed by atoms with Gasteiger partial charge in [-0.25, -0.2) is 4.68 Å². The van der Waals surface area contributed by atoms with Crippen molar-refractivity contribution >= 4 is 35.7 Å². The van der Waals surface area contributed by atoms with Gasteiger partial charge in [-0.15, -0.1) is 12.4 Å². The zero-order valence-corrected chi connectivity index (χ0v) is 15.9. The Morgan fingerprint density at radius 2 is 2.00 bits per heavy atom. The fourth-order valence-corrected chi connectivity index (χ4v) is 2.47.